The Morgan fingerprint density at radius 1 is 0.582 bits per heavy atom. The van der Waals surface area contributed by atoms with E-state index in [1.54, 1.807) is 6.26 Å². The van der Waals surface area contributed by atoms with Crippen LogP contribution in [0.2, 0.25) is 0 Å². The maximum Gasteiger partial charge on any atom is 0.472 e. The predicted octanol–water partition coefficient (Wildman–Crippen LogP) is 13.3. The van der Waals surface area contributed by atoms with E-state index in [2.05, 4.69) is 62.5 Å². The summed E-state index contributed by atoms with van der Waals surface area (Å²) in [6, 6.07) is 0. The molecule has 0 aromatic rings. The summed E-state index contributed by atoms with van der Waals surface area (Å²) >= 11 is 0. The summed E-state index contributed by atoms with van der Waals surface area (Å²) in [5.41, 5.74) is 0. The smallest absolute Gasteiger partial charge is 0.472 e. The summed E-state index contributed by atoms with van der Waals surface area (Å²) in [6.45, 7) is 4.81. The number of ether oxygens (including phenoxy) is 2. The van der Waals surface area contributed by atoms with Crippen molar-refractivity contribution in [3.05, 3.63) is 60.9 Å². The largest absolute Gasteiger partial charge is 0.492 e. The van der Waals surface area contributed by atoms with Crippen molar-refractivity contribution in [3.63, 3.8) is 0 Å². The van der Waals surface area contributed by atoms with Crippen LogP contribution >= 0.6 is 7.82 Å². The molecule has 2 atom stereocenters. The van der Waals surface area contributed by atoms with Gasteiger partial charge in [0, 0.05) is 6.42 Å². The molecule has 0 aromatic carbocycles. The minimum atomic E-state index is -4.28. The quantitative estimate of drug-likeness (QED) is 0.0165. The molecule has 0 heterocycles. The zero-order chi connectivity index (χ0) is 40.6. The van der Waals surface area contributed by atoms with Crippen molar-refractivity contribution < 1.29 is 37.3 Å². The number of esters is 1. The molecule has 8 nitrogen and oxygen atoms in total. The maximum absolute atomic E-state index is 12.5. The fourth-order valence-corrected chi connectivity index (χ4v) is 6.35. The molecule has 0 aliphatic heterocycles. The van der Waals surface area contributed by atoms with Crippen LogP contribution in [0.5, 0.6) is 0 Å². The summed E-state index contributed by atoms with van der Waals surface area (Å²) in [5, 5.41) is 0. The Kier molecular flexibility index (Phi) is 37.5. The van der Waals surface area contributed by atoms with Crippen LogP contribution in [0.3, 0.4) is 0 Å². The Labute approximate surface area is 339 Å². The van der Waals surface area contributed by atoms with Crippen LogP contribution < -0.4 is 0 Å². The van der Waals surface area contributed by atoms with Gasteiger partial charge in [0.15, 0.2) is 6.10 Å². The third kappa shape index (κ3) is 43.0. The Morgan fingerprint density at radius 2 is 1.02 bits per heavy atom. The molecule has 2 unspecified atom stereocenters. The second kappa shape index (κ2) is 38.9. The molecule has 0 fully saturated rings. The number of carbonyl (C=O) groups excluding carboxylic acids is 1. The highest BCUT2D eigenvalue weighted by molar-refractivity contribution is 7.47. The lowest BCUT2D eigenvalue weighted by Gasteiger charge is -2.24. The molecule has 55 heavy (non-hydrogen) atoms. The molecular weight excluding hydrogens is 709 g/mol. The van der Waals surface area contributed by atoms with Crippen LogP contribution in [-0.2, 0) is 27.9 Å². The molecule has 0 aromatic heterocycles. The molecule has 0 saturated heterocycles. The van der Waals surface area contributed by atoms with E-state index in [0.717, 1.165) is 32.1 Å². The van der Waals surface area contributed by atoms with E-state index < -0.39 is 13.9 Å². The van der Waals surface area contributed by atoms with Gasteiger partial charge in [0.25, 0.3) is 0 Å². The van der Waals surface area contributed by atoms with E-state index in [1.807, 2.05) is 27.2 Å². The predicted molar refractivity (Wildman–Crippen MR) is 233 cm³/mol. The Bertz CT molecular complexity index is 1060. The van der Waals surface area contributed by atoms with Crippen LogP contribution in [0.4, 0.5) is 0 Å². The zero-order valence-corrected chi connectivity index (χ0v) is 37.0. The first kappa shape index (κ1) is 53.0. The van der Waals surface area contributed by atoms with Gasteiger partial charge in [0.1, 0.15) is 19.8 Å². The van der Waals surface area contributed by atoms with Gasteiger partial charge in [-0.3, -0.25) is 13.8 Å². The lowest BCUT2D eigenvalue weighted by atomic mass is 10.1. The second-order valence-electron chi connectivity index (χ2n) is 15.8. The van der Waals surface area contributed by atoms with E-state index in [1.165, 1.54) is 116 Å². The van der Waals surface area contributed by atoms with Crippen LogP contribution in [0.1, 0.15) is 174 Å². The van der Waals surface area contributed by atoms with Gasteiger partial charge < -0.3 is 18.9 Å². The molecule has 0 amide bonds. The van der Waals surface area contributed by atoms with Gasteiger partial charge in [-0.25, -0.2) is 4.57 Å². The number of carbonyl (C=O) groups is 1. The number of unbranched alkanes of at least 4 members (excludes halogenated alkanes) is 18. The fourth-order valence-electron chi connectivity index (χ4n) is 5.60. The topological polar surface area (TPSA) is 91.3 Å². The third-order valence-electron chi connectivity index (χ3n) is 9.14. The average molecular weight is 795 g/mol. The molecule has 1 N–H and O–H groups in total. The average Bonchev–Trinajstić information content (AvgIpc) is 3.14. The van der Waals surface area contributed by atoms with Crippen LogP contribution in [-0.4, -0.2) is 69.0 Å². The highest BCUT2D eigenvalue weighted by atomic mass is 31.2. The highest BCUT2D eigenvalue weighted by Gasteiger charge is 2.25. The number of quaternary nitrogens is 1. The van der Waals surface area contributed by atoms with Gasteiger partial charge >= 0.3 is 13.8 Å². The van der Waals surface area contributed by atoms with Crippen molar-refractivity contribution >= 4 is 13.8 Å². The van der Waals surface area contributed by atoms with Gasteiger partial charge in [-0.2, -0.15) is 0 Å². The molecule has 0 saturated carbocycles. The number of phosphoric ester groups is 1. The minimum absolute atomic E-state index is 0.0787. The van der Waals surface area contributed by atoms with Crippen molar-refractivity contribution in [1.29, 1.82) is 0 Å². The molecule has 0 spiro atoms. The summed E-state index contributed by atoms with van der Waals surface area (Å²) in [5.74, 6) is -0.330. The van der Waals surface area contributed by atoms with E-state index in [4.69, 9.17) is 18.5 Å². The fraction of sp³-hybridized carbons (Fsp3) is 0.761. The molecule has 9 heteroatoms. The van der Waals surface area contributed by atoms with Gasteiger partial charge in [-0.1, -0.05) is 140 Å². The normalized spacial score (nSPS) is 14.3. The van der Waals surface area contributed by atoms with Gasteiger partial charge in [0.05, 0.1) is 34.0 Å². The molecule has 0 radical (unpaired) electrons. The first-order chi connectivity index (χ1) is 26.6. The number of rotatable bonds is 40. The minimum Gasteiger partial charge on any atom is -0.492 e. The first-order valence-electron chi connectivity index (χ1n) is 22.1. The monoisotopic (exact) mass is 795 g/mol. The number of hydrogen-bond donors (Lipinski definition) is 1. The maximum atomic E-state index is 12.5. The molecule has 0 aliphatic rings. The Morgan fingerprint density at radius 3 is 1.55 bits per heavy atom. The number of hydrogen-bond acceptors (Lipinski definition) is 6. The van der Waals surface area contributed by atoms with Gasteiger partial charge in [-0.05, 0) is 83.1 Å². The van der Waals surface area contributed by atoms with Crippen LogP contribution in [0.25, 0.3) is 0 Å². The van der Waals surface area contributed by atoms with Crippen LogP contribution in [0.15, 0.2) is 60.9 Å². The molecule has 320 valence electrons. The standard InChI is InChI=1S/C46H84NO7P/c1-6-8-10-12-14-16-18-20-22-24-25-27-29-31-33-35-37-39-46(48)52-43-45(44-54-55(49,50)53-42-40-47(3,4)5)51-41-38-36-34-32-30-28-26-23-21-19-17-15-13-11-9-7-2/h17,19-20,22,25,27,31,33,38,41,45H,6-16,18,21,23-24,26,28-30,32,34-37,39-40,42-44H2,1-5H3/p+1/b19-17-,22-20-,27-25-,33-31-,41-38-. The summed E-state index contributed by atoms with van der Waals surface area (Å²) < 4.78 is 34.7. The molecule has 0 bridgehead atoms. The van der Waals surface area contributed by atoms with Gasteiger partial charge in [0.2, 0.25) is 0 Å². The summed E-state index contributed by atoms with van der Waals surface area (Å²) in [7, 11) is 1.64. The number of allylic oxidation sites excluding steroid dienone is 9. The number of nitrogens with zero attached hydrogens (tertiary/aromatic N) is 1. The van der Waals surface area contributed by atoms with E-state index in [-0.39, 0.29) is 32.2 Å². The number of phosphoric acid groups is 1. The van der Waals surface area contributed by atoms with E-state index in [9.17, 15) is 14.3 Å². The van der Waals surface area contributed by atoms with Crippen LogP contribution in [0, 0.1) is 0 Å². The zero-order valence-electron chi connectivity index (χ0n) is 36.1. The highest BCUT2D eigenvalue weighted by Crippen LogP contribution is 2.43. The lowest BCUT2D eigenvalue weighted by molar-refractivity contribution is -0.870. The molecule has 0 aliphatic carbocycles. The van der Waals surface area contributed by atoms with E-state index in [0.29, 0.717) is 17.4 Å². The second-order valence-corrected chi connectivity index (χ2v) is 17.2. The summed E-state index contributed by atoms with van der Waals surface area (Å²) in [6.07, 6.45) is 49.3. The molecular formula is C46H85NO7P+. The van der Waals surface area contributed by atoms with Crippen molar-refractivity contribution in [2.75, 3.05) is 47.5 Å². The SMILES string of the molecule is CCCCCC/C=C\CCCCCCCC/C=C\OC(COC(=O)CCC/C=C\C/C=C\C/C=C\CCCCCCCC)COP(=O)(O)OCC[N+](C)(C)C. The van der Waals surface area contributed by atoms with Crippen molar-refractivity contribution in [2.24, 2.45) is 0 Å². The summed E-state index contributed by atoms with van der Waals surface area (Å²) in [4.78, 5) is 22.6. The van der Waals surface area contributed by atoms with E-state index >= 15 is 0 Å². The van der Waals surface area contributed by atoms with Gasteiger partial charge in [-0.15, -0.1) is 0 Å². The lowest BCUT2D eigenvalue weighted by Crippen LogP contribution is -2.37. The van der Waals surface area contributed by atoms with Crippen molar-refractivity contribution in [1.82, 2.24) is 0 Å². The van der Waals surface area contributed by atoms with Crippen molar-refractivity contribution in [2.45, 2.75) is 180 Å². The Balaban J connectivity index is 4.39. The first-order valence-corrected chi connectivity index (χ1v) is 23.6. The van der Waals surface area contributed by atoms with Crippen molar-refractivity contribution in [3.8, 4) is 0 Å². The third-order valence-corrected chi connectivity index (χ3v) is 10.1. The Hall–Kier alpha value is -1.96. The number of likely N-dealkylation sites (N-methyl/N-ethyl adjacent to an activating group) is 1. The molecule has 0 rings (SSSR count).